The summed E-state index contributed by atoms with van der Waals surface area (Å²) < 4.78 is 5.19. The Morgan fingerprint density at radius 1 is 1.17 bits per heavy atom. The van der Waals surface area contributed by atoms with E-state index in [9.17, 15) is 9.90 Å². The first-order valence-electron chi connectivity index (χ1n) is 11.0. The molecule has 1 aromatic rings. The number of aliphatic imine (C=N–C) groups is 1. The first-order valence-corrected chi connectivity index (χ1v) is 11.0. The lowest BCUT2D eigenvalue weighted by Crippen LogP contribution is -2.57. The van der Waals surface area contributed by atoms with Crippen LogP contribution in [0.1, 0.15) is 32.3 Å². The minimum absolute atomic E-state index is 0.0708. The van der Waals surface area contributed by atoms with Crippen LogP contribution in [0.25, 0.3) is 0 Å². The monoisotopic (exact) mass is 417 g/mol. The molecule has 166 valence electrons. The number of nitrogens with one attached hydrogen (secondary N) is 1. The van der Waals surface area contributed by atoms with Gasteiger partial charge >= 0.3 is 0 Å². The molecule has 2 N–H and O–H groups in total. The zero-order chi connectivity index (χ0) is 21.5. The third-order valence-electron chi connectivity index (χ3n) is 5.97. The highest BCUT2D eigenvalue weighted by Crippen LogP contribution is 2.29. The molecule has 2 aliphatic rings. The van der Waals surface area contributed by atoms with Crippen molar-refractivity contribution in [1.29, 1.82) is 0 Å². The van der Waals surface area contributed by atoms with Gasteiger partial charge in [0.05, 0.1) is 19.7 Å². The largest absolute Gasteiger partial charge is 0.504 e. The summed E-state index contributed by atoms with van der Waals surface area (Å²) in [4.78, 5) is 23.9. The van der Waals surface area contributed by atoms with Crippen LogP contribution in [0.5, 0.6) is 11.5 Å². The van der Waals surface area contributed by atoms with Gasteiger partial charge in [0.2, 0.25) is 5.91 Å². The van der Waals surface area contributed by atoms with Crippen molar-refractivity contribution in [1.82, 2.24) is 20.0 Å². The van der Waals surface area contributed by atoms with Crippen molar-refractivity contribution in [2.24, 2.45) is 4.99 Å². The van der Waals surface area contributed by atoms with E-state index >= 15 is 0 Å². The summed E-state index contributed by atoms with van der Waals surface area (Å²) in [6.45, 7) is 10.3. The average molecular weight is 418 g/mol. The quantitative estimate of drug-likeness (QED) is 0.539. The summed E-state index contributed by atoms with van der Waals surface area (Å²) in [5, 5.41) is 13.7. The van der Waals surface area contributed by atoms with Crippen LogP contribution in [0.15, 0.2) is 23.2 Å². The maximum absolute atomic E-state index is 12.7. The number of piperazine rings is 1. The van der Waals surface area contributed by atoms with Crippen molar-refractivity contribution in [2.45, 2.75) is 39.3 Å². The number of para-hydroxylation sites is 1. The Morgan fingerprint density at radius 2 is 1.87 bits per heavy atom. The number of amides is 1. The predicted molar refractivity (Wildman–Crippen MR) is 118 cm³/mol. The second-order valence-electron chi connectivity index (χ2n) is 7.87. The highest BCUT2D eigenvalue weighted by molar-refractivity contribution is 5.82. The van der Waals surface area contributed by atoms with Gasteiger partial charge in [0.1, 0.15) is 0 Å². The van der Waals surface area contributed by atoms with Crippen LogP contribution >= 0.6 is 0 Å². The van der Waals surface area contributed by atoms with Crippen molar-refractivity contribution < 1.29 is 14.6 Å². The molecule has 0 saturated carbocycles. The summed E-state index contributed by atoms with van der Waals surface area (Å²) in [5.74, 6) is 1.68. The Morgan fingerprint density at radius 3 is 2.50 bits per heavy atom. The molecule has 1 unspecified atom stereocenters. The molecular formula is C22H35N5O3. The number of likely N-dealkylation sites (tertiary alicyclic amines) is 1. The van der Waals surface area contributed by atoms with E-state index in [1.165, 1.54) is 0 Å². The van der Waals surface area contributed by atoms with Gasteiger partial charge in [0.15, 0.2) is 17.5 Å². The fourth-order valence-corrected chi connectivity index (χ4v) is 4.12. The minimum Gasteiger partial charge on any atom is -0.504 e. The highest BCUT2D eigenvalue weighted by atomic mass is 16.5. The second kappa shape index (κ2) is 10.5. The number of hydrogen-bond donors (Lipinski definition) is 2. The molecule has 8 nitrogen and oxygen atoms in total. The van der Waals surface area contributed by atoms with Crippen LogP contribution in [0.2, 0.25) is 0 Å². The number of carbonyl (C=O) groups excluding carboxylic acids is 1. The van der Waals surface area contributed by atoms with Gasteiger partial charge in [-0.1, -0.05) is 12.1 Å². The lowest BCUT2D eigenvalue weighted by molar-refractivity contribution is -0.135. The summed E-state index contributed by atoms with van der Waals surface area (Å²) in [5.41, 5.74) is 0.730. The van der Waals surface area contributed by atoms with Gasteiger partial charge in [-0.2, -0.15) is 0 Å². The number of phenols is 1. The molecule has 8 heteroatoms. The summed E-state index contributed by atoms with van der Waals surface area (Å²) in [7, 11) is 1.54. The molecule has 2 saturated heterocycles. The molecule has 2 aliphatic heterocycles. The number of aromatic hydroxyl groups is 1. The van der Waals surface area contributed by atoms with Gasteiger partial charge in [-0.3, -0.25) is 9.69 Å². The molecule has 2 heterocycles. The van der Waals surface area contributed by atoms with E-state index in [0.717, 1.165) is 70.2 Å². The SMILES string of the molecule is CCNC(=NCc1cccc(OC)c1O)N1CCN(C(C)C(=O)N2CCCC2)CC1. The number of benzene rings is 1. The highest BCUT2D eigenvalue weighted by Gasteiger charge is 2.30. The average Bonchev–Trinajstić information content (AvgIpc) is 3.31. The molecule has 0 bridgehead atoms. The number of methoxy groups -OCH3 is 1. The number of rotatable bonds is 6. The number of ether oxygens (including phenoxy) is 1. The third-order valence-corrected chi connectivity index (χ3v) is 5.97. The van der Waals surface area contributed by atoms with E-state index in [-0.39, 0.29) is 17.7 Å². The molecular weight excluding hydrogens is 382 g/mol. The van der Waals surface area contributed by atoms with E-state index in [4.69, 9.17) is 9.73 Å². The molecule has 3 rings (SSSR count). The van der Waals surface area contributed by atoms with Crippen molar-refractivity contribution in [3.8, 4) is 11.5 Å². The van der Waals surface area contributed by atoms with Crippen LogP contribution in [0.4, 0.5) is 0 Å². The van der Waals surface area contributed by atoms with Gasteiger partial charge in [0.25, 0.3) is 0 Å². The minimum atomic E-state index is -0.0708. The first kappa shape index (κ1) is 22.2. The van der Waals surface area contributed by atoms with Gasteiger partial charge < -0.3 is 25.0 Å². The molecule has 0 aliphatic carbocycles. The van der Waals surface area contributed by atoms with Gasteiger partial charge in [-0.15, -0.1) is 0 Å². The topological polar surface area (TPSA) is 80.6 Å². The summed E-state index contributed by atoms with van der Waals surface area (Å²) in [6, 6.07) is 5.37. The summed E-state index contributed by atoms with van der Waals surface area (Å²) in [6.07, 6.45) is 2.25. The number of guanidine groups is 1. The van der Waals surface area contributed by atoms with Crippen LogP contribution in [0, 0.1) is 0 Å². The normalized spacial score (nSPS) is 19.1. The number of carbonyl (C=O) groups is 1. The van der Waals surface area contributed by atoms with Gasteiger partial charge in [-0.25, -0.2) is 4.99 Å². The number of nitrogens with zero attached hydrogens (tertiary/aromatic N) is 4. The van der Waals surface area contributed by atoms with E-state index in [1.807, 2.05) is 30.9 Å². The van der Waals surface area contributed by atoms with Crippen molar-refractivity contribution >= 4 is 11.9 Å². The fraction of sp³-hybridized carbons (Fsp3) is 0.636. The molecule has 0 spiro atoms. The smallest absolute Gasteiger partial charge is 0.239 e. The molecule has 0 radical (unpaired) electrons. The maximum Gasteiger partial charge on any atom is 0.239 e. The van der Waals surface area contributed by atoms with E-state index < -0.39 is 0 Å². The van der Waals surface area contributed by atoms with Crippen molar-refractivity contribution in [2.75, 3.05) is 52.9 Å². The van der Waals surface area contributed by atoms with E-state index in [0.29, 0.717) is 12.3 Å². The Kier molecular flexibility index (Phi) is 7.79. The first-order chi connectivity index (χ1) is 14.5. The zero-order valence-corrected chi connectivity index (χ0v) is 18.4. The van der Waals surface area contributed by atoms with Crippen LogP contribution in [0.3, 0.4) is 0 Å². The Balaban J connectivity index is 1.60. The zero-order valence-electron chi connectivity index (χ0n) is 18.4. The second-order valence-corrected chi connectivity index (χ2v) is 7.87. The van der Waals surface area contributed by atoms with Crippen molar-refractivity contribution in [3.63, 3.8) is 0 Å². The lowest BCUT2D eigenvalue weighted by atomic mass is 10.2. The molecule has 1 atom stereocenters. The van der Waals surface area contributed by atoms with E-state index in [1.54, 1.807) is 13.2 Å². The molecule has 0 aromatic heterocycles. The molecule has 30 heavy (non-hydrogen) atoms. The Hall–Kier alpha value is -2.48. The number of hydrogen-bond acceptors (Lipinski definition) is 5. The molecule has 1 amide bonds. The van der Waals surface area contributed by atoms with Gasteiger partial charge in [0, 0.05) is 51.4 Å². The van der Waals surface area contributed by atoms with Gasteiger partial charge in [-0.05, 0) is 32.8 Å². The van der Waals surface area contributed by atoms with Crippen LogP contribution in [-0.2, 0) is 11.3 Å². The lowest BCUT2D eigenvalue weighted by Gasteiger charge is -2.39. The molecule has 2 fully saturated rings. The van der Waals surface area contributed by atoms with Crippen LogP contribution in [-0.4, -0.2) is 90.6 Å². The number of phenolic OH excluding ortho intramolecular Hbond substituents is 1. The van der Waals surface area contributed by atoms with Crippen LogP contribution < -0.4 is 10.1 Å². The fourth-order valence-electron chi connectivity index (χ4n) is 4.12. The predicted octanol–water partition coefficient (Wildman–Crippen LogP) is 1.49. The Labute approximate surface area is 179 Å². The summed E-state index contributed by atoms with van der Waals surface area (Å²) >= 11 is 0. The standard InChI is InChI=1S/C22H35N5O3/c1-4-23-22(24-16-18-8-7-9-19(30-3)20(18)28)27-14-12-25(13-15-27)17(2)21(29)26-10-5-6-11-26/h7-9,17,28H,4-6,10-16H2,1-3H3,(H,23,24). The maximum atomic E-state index is 12.7. The van der Waals surface area contributed by atoms with Crippen molar-refractivity contribution in [3.05, 3.63) is 23.8 Å². The van der Waals surface area contributed by atoms with E-state index in [2.05, 4.69) is 15.1 Å². The Bertz CT molecular complexity index is 740. The third kappa shape index (κ3) is 5.16. The molecule has 1 aromatic carbocycles.